The van der Waals surface area contributed by atoms with Gasteiger partial charge in [-0.2, -0.15) is 0 Å². The molecule has 0 saturated heterocycles. The molecule has 0 N–H and O–H groups in total. The standard InChI is InChI=1S/3C14H14.3C8H10.C7H9N/c1-11-3-7-13(8-4-11)14-9-5-12(2)6-10-14;1-11-5-3-7-13(9-11)14-8-4-6-12(2)10-14;1-11-7-3-5-9-13(11)14-10-6-4-8-12(14)2;1-7-3-5-8(2)6-4-7;1-7-4-3-5-8(2)6-7;1-7-5-3-4-6-8(7)2;1-6-3-7(2)5-8-4-6/h3*3-10H,1-2H3;3*3-6H,1-2H3;3-5H,1-2H3. The highest BCUT2D eigenvalue weighted by atomic mass is 14.6. The third-order valence-electron chi connectivity index (χ3n) is 12.2. The Morgan fingerprint density at radius 2 is 0.459 bits per heavy atom. The lowest BCUT2D eigenvalue weighted by molar-refractivity contribution is 1.22. The number of aromatic nitrogens is 1. The number of hydrogen-bond acceptors (Lipinski definition) is 1. The molecule has 0 aliphatic carbocycles. The first-order valence-electron chi connectivity index (χ1n) is 25.8. The third-order valence-corrected chi connectivity index (χ3v) is 12.2. The van der Waals surface area contributed by atoms with Crippen molar-refractivity contribution in [1.29, 1.82) is 0 Å². The Labute approximate surface area is 447 Å². The van der Waals surface area contributed by atoms with Crippen molar-refractivity contribution in [2.75, 3.05) is 0 Å². The van der Waals surface area contributed by atoms with Crippen molar-refractivity contribution in [2.45, 2.75) is 96.9 Å². The molecule has 1 heteroatoms. The van der Waals surface area contributed by atoms with Gasteiger partial charge in [-0.15, -0.1) is 0 Å². The smallest absolute Gasteiger partial charge is 0.0297 e. The second-order valence-corrected chi connectivity index (χ2v) is 19.5. The van der Waals surface area contributed by atoms with Gasteiger partial charge in [0.1, 0.15) is 0 Å². The number of aryl methyl sites for hydroxylation is 14. The van der Waals surface area contributed by atoms with Gasteiger partial charge >= 0.3 is 0 Å². The van der Waals surface area contributed by atoms with Crippen molar-refractivity contribution in [3.05, 3.63) is 315 Å². The van der Waals surface area contributed by atoms with E-state index in [0.29, 0.717) is 0 Å². The molecule has 10 aromatic rings. The zero-order valence-corrected chi connectivity index (χ0v) is 47.0. The van der Waals surface area contributed by atoms with Gasteiger partial charge < -0.3 is 0 Å². The van der Waals surface area contributed by atoms with Gasteiger partial charge in [-0.1, -0.05) is 269 Å². The molecule has 378 valence electrons. The molecule has 1 nitrogen and oxygen atoms in total. The van der Waals surface area contributed by atoms with Crippen molar-refractivity contribution in [3.8, 4) is 33.4 Å². The highest BCUT2D eigenvalue weighted by Crippen LogP contribution is 2.26. The van der Waals surface area contributed by atoms with Gasteiger partial charge in [0.2, 0.25) is 0 Å². The molecule has 0 radical (unpaired) electrons. The Bertz CT molecular complexity index is 2920. The summed E-state index contributed by atoms with van der Waals surface area (Å²) < 4.78 is 0. The lowest BCUT2D eigenvalue weighted by Crippen LogP contribution is -1.85. The van der Waals surface area contributed by atoms with Crippen LogP contribution in [-0.2, 0) is 0 Å². The van der Waals surface area contributed by atoms with E-state index < -0.39 is 0 Å². The molecule has 0 fully saturated rings. The van der Waals surface area contributed by atoms with Crippen LogP contribution in [0, 0.1) is 96.9 Å². The first-order valence-corrected chi connectivity index (χ1v) is 25.8. The van der Waals surface area contributed by atoms with Crippen LogP contribution in [0.2, 0.25) is 0 Å². The van der Waals surface area contributed by atoms with Gasteiger partial charge in [0.15, 0.2) is 0 Å². The van der Waals surface area contributed by atoms with Gasteiger partial charge in [0.25, 0.3) is 0 Å². The topological polar surface area (TPSA) is 12.9 Å². The van der Waals surface area contributed by atoms with Crippen molar-refractivity contribution in [3.63, 3.8) is 0 Å². The van der Waals surface area contributed by atoms with Crippen LogP contribution in [0.3, 0.4) is 0 Å². The quantitative estimate of drug-likeness (QED) is 0.172. The molecule has 9 aromatic carbocycles. The molecule has 74 heavy (non-hydrogen) atoms. The first kappa shape index (κ1) is 58.7. The van der Waals surface area contributed by atoms with Crippen LogP contribution in [0.25, 0.3) is 33.4 Å². The molecule has 0 atom stereocenters. The van der Waals surface area contributed by atoms with E-state index in [1.807, 2.05) is 26.2 Å². The fraction of sp³-hybridized carbons (Fsp3) is 0.192. The van der Waals surface area contributed by atoms with Crippen LogP contribution in [0.4, 0.5) is 0 Å². The summed E-state index contributed by atoms with van der Waals surface area (Å²) in [6, 6.07) is 78.9. The Hall–Kier alpha value is -7.87. The summed E-state index contributed by atoms with van der Waals surface area (Å²) in [7, 11) is 0. The van der Waals surface area contributed by atoms with Gasteiger partial charge in [-0.3, -0.25) is 4.98 Å². The molecule has 10 rings (SSSR count). The molecule has 0 unspecified atom stereocenters. The van der Waals surface area contributed by atoms with Crippen LogP contribution < -0.4 is 0 Å². The van der Waals surface area contributed by atoms with E-state index in [-0.39, 0.29) is 0 Å². The Balaban J connectivity index is 0.000000190. The highest BCUT2D eigenvalue weighted by molar-refractivity contribution is 5.70. The number of hydrogen-bond donors (Lipinski definition) is 0. The number of rotatable bonds is 3. The zero-order valence-electron chi connectivity index (χ0n) is 47.0. The van der Waals surface area contributed by atoms with E-state index in [0.717, 1.165) is 0 Å². The Kier molecular flexibility index (Phi) is 25.0. The minimum Gasteiger partial charge on any atom is -0.264 e. The molecule has 0 aliphatic heterocycles. The van der Waals surface area contributed by atoms with Crippen LogP contribution in [0.15, 0.2) is 237 Å². The average Bonchev–Trinajstić information content (AvgIpc) is 3.38. The second-order valence-electron chi connectivity index (χ2n) is 19.5. The van der Waals surface area contributed by atoms with Crippen molar-refractivity contribution in [1.82, 2.24) is 4.98 Å². The van der Waals surface area contributed by atoms with Crippen LogP contribution >= 0.6 is 0 Å². The molecule has 0 spiro atoms. The predicted molar refractivity (Wildman–Crippen MR) is 326 cm³/mol. The molecule has 1 heterocycles. The van der Waals surface area contributed by atoms with Gasteiger partial charge in [0.05, 0.1) is 0 Å². The lowest BCUT2D eigenvalue weighted by Gasteiger charge is -2.08. The lowest BCUT2D eigenvalue weighted by atomic mass is 9.97. The van der Waals surface area contributed by atoms with Crippen LogP contribution in [0.1, 0.15) is 77.9 Å². The third kappa shape index (κ3) is 22.3. The van der Waals surface area contributed by atoms with Crippen LogP contribution in [-0.4, -0.2) is 4.98 Å². The molecule has 0 bridgehead atoms. The molecule has 0 saturated carbocycles. The summed E-state index contributed by atoms with van der Waals surface area (Å²) in [4.78, 5) is 3.98. The van der Waals surface area contributed by atoms with E-state index in [9.17, 15) is 0 Å². The van der Waals surface area contributed by atoms with Gasteiger partial charge in [0, 0.05) is 12.4 Å². The largest absolute Gasteiger partial charge is 0.264 e. The number of nitrogens with zero attached hydrogens (tertiary/aromatic N) is 1. The first-order chi connectivity index (χ1) is 35.5. The van der Waals surface area contributed by atoms with Crippen molar-refractivity contribution >= 4 is 0 Å². The maximum atomic E-state index is 3.98. The SMILES string of the molecule is Cc1ccc(-c2ccc(C)cc2)cc1.Cc1ccc(C)cc1.Cc1cccc(-c2cccc(C)c2)c1.Cc1cccc(C)c1.Cc1ccccc1-c1ccccc1C.Cc1ccccc1C.Cc1cncc(C)c1. The van der Waals surface area contributed by atoms with Crippen LogP contribution in [0.5, 0.6) is 0 Å². The van der Waals surface area contributed by atoms with Gasteiger partial charge in [-0.25, -0.2) is 0 Å². The van der Waals surface area contributed by atoms with Crippen molar-refractivity contribution < 1.29 is 0 Å². The molecule has 1 aromatic heterocycles. The van der Waals surface area contributed by atoms with E-state index in [2.05, 4.69) is 313 Å². The van der Waals surface area contributed by atoms with Gasteiger partial charge in [-0.05, 0) is 164 Å². The second kappa shape index (κ2) is 31.6. The number of pyridine rings is 1. The minimum atomic E-state index is 1.23. The Morgan fingerprint density at radius 3 is 0.716 bits per heavy atom. The average molecular weight is 972 g/mol. The fourth-order valence-corrected chi connectivity index (χ4v) is 7.70. The van der Waals surface area contributed by atoms with Crippen molar-refractivity contribution in [2.24, 2.45) is 0 Å². The maximum Gasteiger partial charge on any atom is 0.0297 e. The molecule has 0 aliphatic rings. The summed E-state index contributed by atoms with van der Waals surface area (Å²) in [6.07, 6.45) is 3.71. The van der Waals surface area contributed by atoms with E-state index in [1.54, 1.807) is 0 Å². The monoisotopic (exact) mass is 972 g/mol. The molecule has 0 amide bonds. The summed E-state index contributed by atoms with van der Waals surface area (Å²) in [6.45, 7) is 29.5. The summed E-state index contributed by atoms with van der Waals surface area (Å²) in [5.41, 5.74) is 26.3. The summed E-state index contributed by atoms with van der Waals surface area (Å²) >= 11 is 0. The normalized spacial score (nSPS) is 9.76. The maximum absolute atomic E-state index is 3.98. The van der Waals surface area contributed by atoms with E-state index in [4.69, 9.17) is 0 Å². The number of benzene rings is 9. The molecular weight excluding hydrogens is 891 g/mol. The predicted octanol–water partition coefficient (Wildman–Crippen LogP) is 20.5. The summed E-state index contributed by atoms with van der Waals surface area (Å²) in [5, 5.41) is 0. The minimum absolute atomic E-state index is 1.23. The van der Waals surface area contributed by atoms with E-state index >= 15 is 0 Å². The summed E-state index contributed by atoms with van der Waals surface area (Å²) in [5.74, 6) is 0. The molecular formula is C73H81N. The zero-order chi connectivity index (χ0) is 53.8. The fourth-order valence-electron chi connectivity index (χ4n) is 7.70. The van der Waals surface area contributed by atoms with E-state index in [1.165, 1.54) is 111 Å². The highest BCUT2D eigenvalue weighted by Gasteiger charge is 2.03. The Morgan fingerprint density at radius 1 is 0.189 bits per heavy atom.